The predicted octanol–water partition coefficient (Wildman–Crippen LogP) is 4.07. The first-order chi connectivity index (χ1) is 12.5. The summed E-state index contributed by atoms with van der Waals surface area (Å²) in [6.45, 7) is 3.39. The largest absolute Gasteiger partial charge is 0.340 e. The Hall–Kier alpha value is -2.14. The molecule has 0 aliphatic carbocycles. The molecule has 2 aromatic rings. The number of nitrogens with one attached hydrogen (secondary N) is 1. The molecular weight excluding hydrogens is 392 g/mol. The lowest BCUT2D eigenvalue weighted by atomic mass is 10.1. The Morgan fingerprint density at radius 2 is 1.88 bits per heavy atom. The summed E-state index contributed by atoms with van der Waals surface area (Å²) in [4.78, 5) is 27.4. The lowest BCUT2D eigenvalue weighted by Crippen LogP contribution is -2.47. The van der Waals surface area contributed by atoms with Crippen LogP contribution in [-0.4, -0.2) is 29.3 Å². The fourth-order valence-electron chi connectivity index (χ4n) is 3.23. The molecule has 1 aliphatic heterocycles. The monoisotopic (exact) mass is 414 g/mol. The number of carbonyl (C=O) groups excluding carboxylic acids is 2. The zero-order valence-electron chi connectivity index (χ0n) is 14.9. The lowest BCUT2D eigenvalue weighted by Gasteiger charge is -2.25. The van der Waals surface area contributed by atoms with Crippen LogP contribution in [0, 0.1) is 6.92 Å². The molecule has 5 heteroatoms. The number of aryl methyl sites for hydroxylation is 1. The maximum atomic E-state index is 13.0. The number of nitrogens with zero attached hydrogens (tertiary/aromatic N) is 1. The number of hydrogen-bond donors (Lipinski definition) is 1. The number of halogens is 1. The van der Waals surface area contributed by atoms with Crippen molar-refractivity contribution in [3.05, 3.63) is 69.7 Å². The third-order valence-electron chi connectivity index (χ3n) is 4.81. The maximum absolute atomic E-state index is 13.0. The van der Waals surface area contributed by atoms with E-state index in [1.165, 1.54) is 5.56 Å². The highest BCUT2D eigenvalue weighted by Gasteiger charge is 2.28. The number of benzene rings is 2. The van der Waals surface area contributed by atoms with Gasteiger partial charge in [-0.15, -0.1) is 0 Å². The second-order valence-electron chi connectivity index (χ2n) is 6.72. The molecule has 2 aromatic carbocycles. The van der Waals surface area contributed by atoms with Crippen LogP contribution in [0.25, 0.3) is 0 Å². The quantitative estimate of drug-likeness (QED) is 0.819. The van der Waals surface area contributed by atoms with Gasteiger partial charge in [-0.1, -0.05) is 40.2 Å². The molecule has 0 saturated carbocycles. The van der Waals surface area contributed by atoms with E-state index in [4.69, 9.17) is 0 Å². The fraction of sp³-hybridized carbons (Fsp3) is 0.333. The zero-order valence-corrected chi connectivity index (χ0v) is 16.5. The summed E-state index contributed by atoms with van der Waals surface area (Å²) in [7, 11) is 0. The van der Waals surface area contributed by atoms with Crippen LogP contribution in [0.5, 0.6) is 0 Å². The molecule has 136 valence electrons. The Morgan fingerprint density at radius 1 is 1.15 bits per heavy atom. The second-order valence-corrected chi connectivity index (χ2v) is 7.63. The molecule has 0 aromatic heterocycles. The molecule has 1 aliphatic rings. The summed E-state index contributed by atoms with van der Waals surface area (Å²) in [6, 6.07) is 14.8. The standard InChI is InChI=1S/C21H23BrN2O2/c1-15-6-2-3-7-17(15)14-24-13-5-4-8-19(21(24)26)23-20(25)16-9-11-18(22)12-10-16/h2-3,6-7,9-12,19H,4-5,8,13-14H2,1H3,(H,23,25). The van der Waals surface area contributed by atoms with Gasteiger partial charge in [-0.2, -0.15) is 0 Å². The molecule has 1 saturated heterocycles. The summed E-state index contributed by atoms with van der Waals surface area (Å²) >= 11 is 3.37. The first-order valence-corrected chi connectivity index (χ1v) is 9.73. The summed E-state index contributed by atoms with van der Waals surface area (Å²) in [6.07, 6.45) is 2.58. The van der Waals surface area contributed by atoms with Crippen LogP contribution in [0.2, 0.25) is 0 Å². The summed E-state index contributed by atoms with van der Waals surface area (Å²) < 4.78 is 0.920. The zero-order chi connectivity index (χ0) is 18.5. The number of hydrogen-bond acceptors (Lipinski definition) is 2. The SMILES string of the molecule is Cc1ccccc1CN1CCCCC(NC(=O)c2ccc(Br)cc2)C1=O. The van der Waals surface area contributed by atoms with Crippen molar-refractivity contribution in [1.29, 1.82) is 0 Å². The molecule has 4 nitrogen and oxygen atoms in total. The van der Waals surface area contributed by atoms with Crippen LogP contribution in [0.4, 0.5) is 0 Å². The summed E-state index contributed by atoms with van der Waals surface area (Å²) in [5.41, 5.74) is 2.90. The molecular formula is C21H23BrN2O2. The van der Waals surface area contributed by atoms with Crippen LogP contribution in [0.1, 0.15) is 40.7 Å². The molecule has 26 heavy (non-hydrogen) atoms. The Labute approximate surface area is 162 Å². The minimum Gasteiger partial charge on any atom is -0.340 e. The smallest absolute Gasteiger partial charge is 0.251 e. The maximum Gasteiger partial charge on any atom is 0.251 e. The van der Waals surface area contributed by atoms with Crippen molar-refractivity contribution in [2.45, 2.75) is 38.8 Å². The van der Waals surface area contributed by atoms with Crippen LogP contribution < -0.4 is 5.32 Å². The molecule has 0 radical (unpaired) electrons. The Bertz CT molecular complexity index is 789. The number of carbonyl (C=O) groups is 2. The minimum absolute atomic E-state index is 0.0104. The molecule has 1 heterocycles. The van der Waals surface area contributed by atoms with Crippen LogP contribution in [0.15, 0.2) is 53.0 Å². The van der Waals surface area contributed by atoms with Gasteiger partial charge < -0.3 is 10.2 Å². The van der Waals surface area contributed by atoms with Gasteiger partial charge in [0.25, 0.3) is 5.91 Å². The van der Waals surface area contributed by atoms with Gasteiger partial charge in [-0.3, -0.25) is 9.59 Å². The molecule has 2 amide bonds. The normalized spacial score (nSPS) is 17.7. The topological polar surface area (TPSA) is 49.4 Å². The van der Waals surface area contributed by atoms with E-state index in [2.05, 4.69) is 40.3 Å². The molecule has 1 fully saturated rings. The molecule has 3 rings (SSSR count). The van der Waals surface area contributed by atoms with Crippen molar-refractivity contribution in [2.24, 2.45) is 0 Å². The van der Waals surface area contributed by atoms with Gasteiger partial charge in [0.05, 0.1) is 0 Å². The highest BCUT2D eigenvalue weighted by molar-refractivity contribution is 9.10. The van der Waals surface area contributed by atoms with Gasteiger partial charge in [0.15, 0.2) is 0 Å². The van der Waals surface area contributed by atoms with E-state index in [1.807, 2.05) is 29.2 Å². The van der Waals surface area contributed by atoms with E-state index < -0.39 is 6.04 Å². The highest BCUT2D eigenvalue weighted by atomic mass is 79.9. The van der Waals surface area contributed by atoms with Crippen LogP contribution in [0.3, 0.4) is 0 Å². The van der Waals surface area contributed by atoms with Gasteiger partial charge in [0.2, 0.25) is 5.91 Å². The van der Waals surface area contributed by atoms with Crippen molar-refractivity contribution in [1.82, 2.24) is 10.2 Å². The minimum atomic E-state index is -0.460. The Kier molecular flexibility index (Phi) is 6.09. The van der Waals surface area contributed by atoms with Gasteiger partial charge in [0, 0.05) is 23.1 Å². The Balaban J connectivity index is 1.71. The van der Waals surface area contributed by atoms with Gasteiger partial charge in [-0.05, 0) is 61.6 Å². The molecule has 1 unspecified atom stereocenters. The van der Waals surface area contributed by atoms with Crippen molar-refractivity contribution in [3.8, 4) is 0 Å². The van der Waals surface area contributed by atoms with Crippen molar-refractivity contribution < 1.29 is 9.59 Å². The van der Waals surface area contributed by atoms with E-state index in [9.17, 15) is 9.59 Å². The number of rotatable bonds is 4. The highest BCUT2D eigenvalue weighted by Crippen LogP contribution is 2.18. The van der Waals surface area contributed by atoms with Gasteiger partial charge in [0.1, 0.15) is 6.04 Å². The summed E-state index contributed by atoms with van der Waals surface area (Å²) in [5.74, 6) is -0.190. The molecule has 1 atom stereocenters. The third kappa shape index (κ3) is 4.52. The average Bonchev–Trinajstić information content (AvgIpc) is 2.80. The van der Waals surface area contributed by atoms with E-state index in [-0.39, 0.29) is 11.8 Å². The van der Waals surface area contributed by atoms with E-state index in [0.29, 0.717) is 18.5 Å². The number of amides is 2. The first-order valence-electron chi connectivity index (χ1n) is 8.94. The average molecular weight is 415 g/mol. The second kappa shape index (κ2) is 8.49. The molecule has 1 N–H and O–H groups in total. The Morgan fingerprint density at radius 3 is 2.62 bits per heavy atom. The predicted molar refractivity (Wildman–Crippen MR) is 106 cm³/mol. The van der Waals surface area contributed by atoms with Crippen LogP contribution >= 0.6 is 15.9 Å². The van der Waals surface area contributed by atoms with Crippen molar-refractivity contribution in [2.75, 3.05) is 6.54 Å². The fourth-order valence-corrected chi connectivity index (χ4v) is 3.50. The van der Waals surface area contributed by atoms with Crippen LogP contribution in [-0.2, 0) is 11.3 Å². The lowest BCUT2D eigenvalue weighted by molar-refractivity contribution is -0.133. The summed E-state index contributed by atoms with van der Waals surface area (Å²) in [5, 5.41) is 2.93. The van der Waals surface area contributed by atoms with Crippen molar-refractivity contribution in [3.63, 3.8) is 0 Å². The van der Waals surface area contributed by atoms with Gasteiger partial charge >= 0.3 is 0 Å². The molecule has 0 bridgehead atoms. The van der Waals surface area contributed by atoms with E-state index in [1.54, 1.807) is 12.1 Å². The number of likely N-dealkylation sites (tertiary alicyclic amines) is 1. The third-order valence-corrected chi connectivity index (χ3v) is 5.34. The molecule has 0 spiro atoms. The van der Waals surface area contributed by atoms with E-state index >= 15 is 0 Å². The first kappa shape index (κ1) is 18.6. The van der Waals surface area contributed by atoms with E-state index in [0.717, 1.165) is 29.4 Å². The van der Waals surface area contributed by atoms with Gasteiger partial charge in [-0.25, -0.2) is 0 Å². The van der Waals surface area contributed by atoms with Crippen molar-refractivity contribution >= 4 is 27.7 Å².